The second-order valence-corrected chi connectivity index (χ2v) is 10.5. The zero-order valence-electron chi connectivity index (χ0n) is 23.2. The van der Waals surface area contributed by atoms with Crippen LogP contribution in [0.5, 0.6) is 0 Å². The van der Waals surface area contributed by atoms with Crippen LogP contribution in [0, 0.1) is 0 Å². The summed E-state index contributed by atoms with van der Waals surface area (Å²) < 4.78 is 1.94. The number of carbonyl (C=O) groups is 2. The SMILES string of the molecule is O=C(O)[C@@H]1CN(c2cc(-c3ccccc3)nn2Cc2ccccc2)CCN1C(=O)C(c1ccccc1)c1ccccc1. The third-order valence-electron chi connectivity index (χ3n) is 7.79. The molecule has 5 aromatic rings. The van der Waals surface area contributed by atoms with Crippen molar-refractivity contribution < 1.29 is 14.7 Å². The van der Waals surface area contributed by atoms with Crippen molar-refractivity contribution in [1.82, 2.24) is 14.7 Å². The Kier molecular flexibility index (Phi) is 7.81. The highest BCUT2D eigenvalue weighted by Crippen LogP contribution is 2.31. The number of piperazine rings is 1. The highest BCUT2D eigenvalue weighted by Gasteiger charge is 2.39. The molecule has 1 atom stereocenters. The molecule has 0 unspecified atom stereocenters. The normalized spacial score (nSPS) is 15.1. The highest BCUT2D eigenvalue weighted by molar-refractivity contribution is 5.91. The summed E-state index contributed by atoms with van der Waals surface area (Å²) in [5.41, 5.74) is 4.59. The second kappa shape index (κ2) is 12.1. The average Bonchev–Trinajstić information content (AvgIpc) is 3.46. The molecule has 7 nitrogen and oxygen atoms in total. The molecule has 42 heavy (non-hydrogen) atoms. The summed E-state index contributed by atoms with van der Waals surface area (Å²) in [5.74, 6) is -0.986. The maximum atomic E-state index is 14.2. The predicted octanol–water partition coefficient (Wildman–Crippen LogP) is 5.53. The molecule has 1 fully saturated rings. The van der Waals surface area contributed by atoms with Crippen LogP contribution in [0.1, 0.15) is 22.6 Å². The highest BCUT2D eigenvalue weighted by atomic mass is 16.4. The van der Waals surface area contributed by atoms with Crippen LogP contribution in [-0.4, -0.2) is 57.3 Å². The van der Waals surface area contributed by atoms with Gasteiger partial charge in [0.25, 0.3) is 0 Å². The largest absolute Gasteiger partial charge is 0.480 e. The minimum Gasteiger partial charge on any atom is -0.480 e. The minimum absolute atomic E-state index is 0.159. The standard InChI is InChI=1S/C35H32N4O3/c40-34(33(28-17-9-3-10-18-28)29-19-11-4-12-20-29)38-22-21-37(25-31(38)35(41)42)32-23-30(27-15-7-2-8-16-27)36-39(32)24-26-13-5-1-6-14-26/h1-20,23,31,33H,21-22,24-25H2,(H,41,42)/t31-/m0/s1. The maximum Gasteiger partial charge on any atom is 0.328 e. The van der Waals surface area contributed by atoms with E-state index in [9.17, 15) is 14.7 Å². The Bertz CT molecular complexity index is 1600. The molecular weight excluding hydrogens is 524 g/mol. The van der Waals surface area contributed by atoms with E-state index in [1.54, 1.807) is 4.90 Å². The monoisotopic (exact) mass is 556 g/mol. The van der Waals surface area contributed by atoms with E-state index < -0.39 is 17.9 Å². The summed E-state index contributed by atoms with van der Waals surface area (Å²) in [6, 6.07) is 40.2. The first kappa shape index (κ1) is 27.0. The summed E-state index contributed by atoms with van der Waals surface area (Å²) in [4.78, 5) is 30.5. The van der Waals surface area contributed by atoms with E-state index in [4.69, 9.17) is 5.10 Å². The summed E-state index contributed by atoms with van der Waals surface area (Å²) >= 11 is 0. The Labute approximate surface area is 245 Å². The van der Waals surface area contributed by atoms with Crippen LogP contribution < -0.4 is 4.90 Å². The van der Waals surface area contributed by atoms with Gasteiger partial charge in [0.05, 0.1) is 24.7 Å². The van der Waals surface area contributed by atoms with Crippen LogP contribution in [-0.2, 0) is 16.1 Å². The Morgan fingerprint density at radius 1 is 0.762 bits per heavy atom. The maximum absolute atomic E-state index is 14.2. The Balaban J connectivity index is 1.32. The van der Waals surface area contributed by atoms with Crippen LogP contribution in [0.15, 0.2) is 127 Å². The number of aliphatic carboxylic acids is 1. The van der Waals surface area contributed by atoms with Gasteiger partial charge in [0.15, 0.2) is 0 Å². The predicted molar refractivity (Wildman–Crippen MR) is 163 cm³/mol. The van der Waals surface area contributed by atoms with Crippen LogP contribution in [0.2, 0.25) is 0 Å². The minimum atomic E-state index is -1.02. The van der Waals surface area contributed by atoms with Gasteiger partial charge in [-0.05, 0) is 16.7 Å². The van der Waals surface area contributed by atoms with Gasteiger partial charge in [-0.3, -0.25) is 4.79 Å². The Morgan fingerprint density at radius 3 is 1.88 bits per heavy atom. The van der Waals surface area contributed by atoms with Crippen molar-refractivity contribution in [1.29, 1.82) is 0 Å². The average molecular weight is 557 g/mol. The number of carboxylic acids is 1. The molecule has 1 aliphatic heterocycles. The van der Waals surface area contributed by atoms with Crippen molar-refractivity contribution in [3.63, 3.8) is 0 Å². The number of benzene rings is 4. The van der Waals surface area contributed by atoms with Gasteiger partial charge in [-0.25, -0.2) is 9.48 Å². The van der Waals surface area contributed by atoms with Crippen molar-refractivity contribution in [2.45, 2.75) is 18.5 Å². The molecule has 1 aromatic heterocycles. The molecule has 6 rings (SSSR count). The zero-order valence-corrected chi connectivity index (χ0v) is 23.2. The number of carboxylic acid groups (broad SMARTS) is 1. The molecule has 0 spiro atoms. The number of nitrogens with zero attached hydrogens (tertiary/aromatic N) is 4. The molecule has 1 saturated heterocycles. The molecule has 1 N–H and O–H groups in total. The molecule has 7 heteroatoms. The van der Waals surface area contributed by atoms with E-state index >= 15 is 0 Å². The lowest BCUT2D eigenvalue weighted by Crippen LogP contribution is -2.59. The lowest BCUT2D eigenvalue weighted by atomic mass is 9.89. The summed E-state index contributed by atoms with van der Waals surface area (Å²) in [6.07, 6.45) is 0. The van der Waals surface area contributed by atoms with Crippen molar-refractivity contribution in [2.24, 2.45) is 0 Å². The van der Waals surface area contributed by atoms with Gasteiger partial charge in [0.2, 0.25) is 5.91 Å². The smallest absolute Gasteiger partial charge is 0.328 e. The van der Waals surface area contributed by atoms with E-state index in [2.05, 4.69) is 12.1 Å². The number of hydrogen-bond acceptors (Lipinski definition) is 4. The fraction of sp³-hybridized carbons (Fsp3) is 0.171. The quantitative estimate of drug-likeness (QED) is 0.272. The van der Waals surface area contributed by atoms with E-state index in [1.165, 1.54) is 0 Å². The first-order valence-electron chi connectivity index (χ1n) is 14.1. The van der Waals surface area contributed by atoms with Crippen LogP contribution in [0.25, 0.3) is 11.3 Å². The van der Waals surface area contributed by atoms with Gasteiger partial charge in [-0.15, -0.1) is 0 Å². The number of rotatable bonds is 8. The Hall–Kier alpha value is -5.17. The van der Waals surface area contributed by atoms with Crippen LogP contribution >= 0.6 is 0 Å². The molecule has 1 amide bonds. The molecule has 0 aliphatic carbocycles. The van der Waals surface area contributed by atoms with E-state index in [-0.39, 0.29) is 19.0 Å². The van der Waals surface area contributed by atoms with E-state index in [0.717, 1.165) is 33.8 Å². The van der Waals surface area contributed by atoms with Crippen LogP contribution in [0.4, 0.5) is 5.82 Å². The van der Waals surface area contributed by atoms with Crippen molar-refractivity contribution in [3.8, 4) is 11.3 Å². The number of aromatic nitrogens is 2. The third kappa shape index (κ3) is 5.67. The fourth-order valence-electron chi connectivity index (χ4n) is 5.68. The number of amides is 1. The van der Waals surface area contributed by atoms with Gasteiger partial charge >= 0.3 is 5.97 Å². The van der Waals surface area contributed by atoms with Crippen molar-refractivity contribution in [2.75, 3.05) is 24.5 Å². The molecule has 4 aromatic carbocycles. The molecule has 0 saturated carbocycles. The number of carbonyl (C=O) groups excluding carboxylic acids is 1. The number of anilines is 1. The van der Waals surface area contributed by atoms with E-state index in [1.807, 2.05) is 125 Å². The zero-order chi connectivity index (χ0) is 28.9. The first-order valence-corrected chi connectivity index (χ1v) is 14.1. The third-order valence-corrected chi connectivity index (χ3v) is 7.79. The summed E-state index contributed by atoms with van der Waals surface area (Å²) in [6.45, 7) is 1.47. The van der Waals surface area contributed by atoms with Crippen molar-refractivity contribution >= 4 is 17.7 Å². The second-order valence-electron chi connectivity index (χ2n) is 10.5. The van der Waals surface area contributed by atoms with Gasteiger partial charge in [0.1, 0.15) is 11.9 Å². The lowest BCUT2D eigenvalue weighted by molar-refractivity contribution is -0.151. The fourth-order valence-corrected chi connectivity index (χ4v) is 5.68. The topological polar surface area (TPSA) is 78.7 Å². The van der Waals surface area contributed by atoms with Crippen molar-refractivity contribution in [3.05, 3.63) is 144 Å². The van der Waals surface area contributed by atoms with Gasteiger partial charge in [-0.1, -0.05) is 121 Å². The van der Waals surface area contributed by atoms with E-state index in [0.29, 0.717) is 13.1 Å². The lowest BCUT2D eigenvalue weighted by Gasteiger charge is -2.41. The van der Waals surface area contributed by atoms with Crippen LogP contribution in [0.3, 0.4) is 0 Å². The molecule has 2 heterocycles. The first-order chi connectivity index (χ1) is 20.6. The van der Waals surface area contributed by atoms with Gasteiger partial charge in [0, 0.05) is 24.7 Å². The molecule has 210 valence electrons. The summed E-state index contributed by atoms with van der Waals surface area (Å²) in [5, 5.41) is 15.3. The van der Waals surface area contributed by atoms with Gasteiger partial charge < -0.3 is 14.9 Å². The molecular formula is C35H32N4O3. The summed E-state index contributed by atoms with van der Waals surface area (Å²) in [7, 11) is 0. The molecule has 0 radical (unpaired) electrons. The molecule has 0 bridgehead atoms. The Morgan fingerprint density at radius 2 is 1.31 bits per heavy atom. The molecule has 1 aliphatic rings. The van der Waals surface area contributed by atoms with Gasteiger partial charge in [-0.2, -0.15) is 5.10 Å². The number of hydrogen-bond donors (Lipinski definition) is 1.